The van der Waals surface area contributed by atoms with Gasteiger partial charge in [0.15, 0.2) is 31.2 Å². The van der Waals surface area contributed by atoms with Gasteiger partial charge in [0, 0.05) is 43.5 Å². The Morgan fingerprint density at radius 1 is 0.839 bits per heavy atom. The van der Waals surface area contributed by atoms with Crippen LogP contribution in [0.4, 0.5) is 0 Å². The fourth-order valence-corrected chi connectivity index (χ4v) is 18.9. The van der Waals surface area contributed by atoms with E-state index in [1.807, 2.05) is 26.0 Å². The van der Waals surface area contributed by atoms with Crippen molar-refractivity contribution in [1.82, 2.24) is 0 Å². The molecule has 11 atom stereocenters. The van der Waals surface area contributed by atoms with Crippen LogP contribution in [0.2, 0.25) is 54.4 Å². The normalized spacial score (nSPS) is 29.8. The lowest BCUT2D eigenvalue weighted by atomic mass is 9.88. The molecule has 11 unspecified atom stereocenters. The van der Waals surface area contributed by atoms with Crippen LogP contribution in [0.5, 0.6) is 0 Å². The average molecular weight is 928 g/mol. The van der Waals surface area contributed by atoms with Crippen molar-refractivity contribution in [1.29, 1.82) is 0 Å². The van der Waals surface area contributed by atoms with Crippen LogP contribution in [0.15, 0.2) is 36.0 Å². The second kappa shape index (κ2) is 27.4. The zero-order valence-electron chi connectivity index (χ0n) is 42.9. The Kier molecular flexibility index (Phi) is 25.4. The monoisotopic (exact) mass is 927 g/mol. The fourth-order valence-electron chi connectivity index (χ4n) is 9.87. The van der Waals surface area contributed by atoms with Crippen LogP contribution in [0.1, 0.15) is 143 Å². The van der Waals surface area contributed by atoms with Crippen molar-refractivity contribution in [3.8, 4) is 0 Å². The van der Waals surface area contributed by atoms with Gasteiger partial charge in [-0.2, -0.15) is 0 Å². The number of hydrogen-bond donors (Lipinski definition) is 2. The van der Waals surface area contributed by atoms with Crippen molar-refractivity contribution >= 4 is 25.0 Å². The quantitative estimate of drug-likeness (QED) is 0.0261. The zero-order valence-corrected chi connectivity index (χ0v) is 45.9. The summed E-state index contributed by atoms with van der Waals surface area (Å²) in [6, 6.07) is 9.68. The molecule has 0 bridgehead atoms. The molecule has 2 aliphatic rings. The van der Waals surface area contributed by atoms with Gasteiger partial charge in [0.25, 0.3) is 0 Å². The first-order chi connectivity index (χ1) is 29.3. The first-order valence-electron chi connectivity index (χ1n) is 25.3. The van der Waals surface area contributed by atoms with Crippen molar-refractivity contribution < 1.29 is 42.4 Å². The molecule has 364 valence electrons. The third-order valence-corrected chi connectivity index (χ3v) is 29.5. The lowest BCUT2D eigenvalue weighted by Gasteiger charge is -2.39. The zero-order chi connectivity index (χ0) is 46.8. The smallest absolute Gasteiger partial charge is 0.193 e. The molecule has 1 saturated heterocycles. The molecule has 2 aliphatic heterocycles. The summed E-state index contributed by atoms with van der Waals surface area (Å²) in [6.07, 6.45) is 11.6. The molecule has 12 heteroatoms. The Bertz CT molecular complexity index is 1310. The van der Waals surface area contributed by atoms with Gasteiger partial charge in [-0.25, -0.2) is 0 Å². The molecule has 2 rings (SSSR count). The van der Waals surface area contributed by atoms with Gasteiger partial charge in [-0.15, -0.1) is 0 Å². The minimum atomic E-state index is -2.03. The van der Waals surface area contributed by atoms with Crippen LogP contribution in [-0.4, -0.2) is 109 Å². The minimum Gasteiger partial charge on any atom is -0.414 e. The largest absolute Gasteiger partial charge is 0.414 e. The van der Waals surface area contributed by atoms with E-state index in [2.05, 4.69) is 115 Å². The Labute approximate surface area is 384 Å². The average Bonchev–Trinajstić information content (AvgIpc) is 4.04. The van der Waals surface area contributed by atoms with Gasteiger partial charge in [0.2, 0.25) is 0 Å². The second-order valence-corrected chi connectivity index (χ2v) is 33.4. The first kappa shape index (κ1) is 57.6. The van der Waals surface area contributed by atoms with E-state index in [1.54, 1.807) is 0 Å². The summed E-state index contributed by atoms with van der Waals surface area (Å²) in [7, 11) is -5.78. The van der Waals surface area contributed by atoms with Gasteiger partial charge >= 0.3 is 0 Å². The minimum absolute atomic E-state index is 0.112. The molecule has 0 saturated carbocycles. The Hall–Kier alpha value is -0.489. The van der Waals surface area contributed by atoms with Crippen molar-refractivity contribution in [3.05, 3.63) is 36.0 Å². The van der Waals surface area contributed by atoms with Gasteiger partial charge in [-0.3, -0.25) is 0 Å². The molecule has 0 aliphatic carbocycles. The number of aliphatic hydroxyl groups is 2. The SMILES string of the molecule is CCOCCOC1(C)CCC(O[Si](CC)(CC)CC)CC(O)OC(/C(C)=C/C=C/C(C)(CC2OC2C(C)C(CC)O[Si](CC)(CC)CC)O[Si](CC)(CC)CC)C(C)/C=C/C1O. The Morgan fingerprint density at radius 3 is 1.95 bits per heavy atom. The number of aliphatic hydroxyl groups excluding tert-OH is 2. The van der Waals surface area contributed by atoms with Crippen LogP contribution in [0.25, 0.3) is 0 Å². The topological polar surface area (TPSA) is 108 Å². The maximum atomic E-state index is 11.7. The summed E-state index contributed by atoms with van der Waals surface area (Å²) in [4.78, 5) is 0. The standard InChI is InChI=1S/C50H98O9Si3/c1-17-43(58-61(22-6,23-7)24-8)41(14)48-44(55-48)38-49(15,59-62(25-9,26-10)27-11)33-28-29-39(12)47-40(13)30-31-45(51)50(16,54-36-35-53-18-2)34-32-42(37-46(52)56-47)57-60(19-3,20-4)21-5/h28-31,33,40-48,51-52H,17-27,32,34-38H2,1-16H3/b31-30+,33-28+,39-29+. The number of rotatable bonds is 28. The lowest BCUT2D eigenvalue weighted by molar-refractivity contribution is -0.153. The van der Waals surface area contributed by atoms with Crippen LogP contribution in [-0.2, 0) is 32.2 Å². The molecule has 1 fully saturated rings. The molecule has 0 radical (unpaired) electrons. The molecule has 2 heterocycles. The van der Waals surface area contributed by atoms with E-state index < -0.39 is 54.7 Å². The van der Waals surface area contributed by atoms with E-state index in [0.29, 0.717) is 45.0 Å². The summed E-state index contributed by atoms with van der Waals surface area (Å²) >= 11 is 0. The predicted octanol–water partition coefficient (Wildman–Crippen LogP) is 12.5. The lowest BCUT2D eigenvalue weighted by Crippen LogP contribution is -2.46. The van der Waals surface area contributed by atoms with Gasteiger partial charge < -0.3 is 42.4 Å². The summed E-state index contributed by atoms with van der Waals surface area (Å²) in [5, 5.41) is 23.4. The van der Waals surface area contributed by atoms with Gasteiger partial charge in [-0.05, 0) is 107 Å². The Balaban J connectivity index is 2.51. The highest BCUT2D eigenvalue weighted by Gasteiger charge is 2.51. The van der Waals surface area contributed by atoms with Crippen molar-refractivity contribution in [2.45, 2.75) is 251 Å². The first-order valence-corrected chi connectivity index (χ1v) is 32.9. The maximum Gasteiger partial charge on any atom is 0.193 e. The van der Waals surface area contributed by atoms with Crippen LogP contribution in [0.3, 0.4) is 0 Å². The van der Waals surface area contributed by atoms with Crippen LogP contribution >= 0.6 is 0 Å². The number of hydrogen-bond acceptors (Lipinski definition) is 9. The molecule has 2 N–H and O–H groups in total. The van der Waals surface area contributed by atoms with E-state index in [0.717, 1.165) is 72.8 Å². The molecular weight excluding hydrogens is 829 g/mol. The predicted molar refractivity (Wildman–Crippen MR) is 266 cm³/mol. The molecular formula is C50H98O9Si3. The number of epoxide rings is 1. The highest BCUT2D eigenvalue weighted by atomic mass is 28.4. The summed E-state index contributed by atoms with van der Waals surface area (Å²) in [5.41, 5.74) is -0.387. The molecule has 0 aromatic carbocycles. The highest BCUT2D eigenvalue weighted by molar-refractivity contribution is 6.74. The van der Waals surface area contributed by atoms with E-state index in [4.69, 9.17) is 32.2 Å². The fraction of sp³-hybridized carbons (Fsp3) is 0.880. The molecule has 9 nitrogen and oxygen atoms in total. The molecule has 0 amide bonds. The van der Waals surface area contributed by atoms with E-state index in [-0.39, 0.29) is 30.3 Å². The molecule has 62 heavy (non-hydrogen) atoms. The third kappa shape index (κ3) is 16.7. The van der Waals surface area contributed by atoms with Gasteiger partial charge in [-0.1, -0.05) is 113 Å². The third-order valence-electron chi connectivity index (χ3n) is 15.4. The van der Waals surface area contributed by atoms with E-state index in [1.165, 1.54) is 0 Å². The number of ether oxygens (including phenoxy) is 4. The molecule has 0 aromatic rings. The van der Waals surface area contributed by atoms with Crippen LogP contribution in [0, 0.1) is 11.8 Å². The van der Waals surface area contributed by atoms with Crippen molar-refractivity contribution in [2.75, 3.05) is 19.8 Å². The van der Waals surface area contributed by atoms with Gasteiger partial charge in [0.1, 0.15) is 6.10 Å². The highest BCUT2D eigenvalue weighted by Crippen LogP contribution is 2.43. The Morgan fingerprint density at radius 2 is 1.42 bits per heavy atom. The molecule has 0 aromatic heterocycles. The molecule has 0 spiro atoms. The van der Waals surface area contributed by atoms with Gasteiger partial charge in [0.05, 0.1) is 42.7 Å². The van der Waals surface area contributed by atoms with E-state index >= 15 is 0 Å². The van der Waals surface area contributed by atoms with Crippen molar-refractivity contribution in [3.63, 3.8) is 0 Å². The van der Waals surface area contributed by atoms with Crippen molar-refractivity contribution in [2.24, 2.45) is 11.8 Å². The van der Waals surface area contributed by atoms with Crippen LogP contribution < -0.4 is 0 Å². The summed E-state index contributed by atoms with van der Waals surface area (Å²) < 4.78 is 46.6. The van der Waals surface area contributed by atoms with E-state index in [9.17, 15) is 10.2 Å². The summed E-state index contributed by atoms with van der Waals surface area (Å²) in [5.74, 6) is 0.161. The second-order valence-electron chi connectivity index (χ2n) is 19.3. The number of allylic oxidation sites excluding steroid dienone is 2. The summed E-state index contributed by atoms with van der Waals surface area (Å²) in [6.45, 7) is 36.9. The maximum absolute atomic E-state index is 11.7.